The van der Waals surface area contributed by atoms with E-state index in [2.05, 4.69) is 43.4 Å². The van der Waals surface area contributed by atoms with Crippen molar-refractivity contribution < 1.29 is 9.52 Å². The number of hydrogen-bond acceptors (Lipinski definition) is 3. The molecule has 3 nitrogen and oxygen atoms in total. The van der Waals surface area contributed by atoms with Crippen molar-refractivity contribution in [1.82, 2.24) is 5.32 Å². The number of benzene rings is 1. The Morgan fingerprint density at radius 3 is 2.45 bits per heavy atom. The minimum atomic E-state index is -0.546. The molecule has 0 bridgehead atoms. The minimum absolute atomic E-state index is 0.223. The number of aryl methyl sites for hydroxylation is 1. The van der Waals surface area contributed by atoms with E-state index < -0.39 is 6.10 Å². The lowest BCUT2D eigenvalue weighted by molar-refractivity contribution is 0.128. The van der Waals surface area contributed by atoms with Gasteiger partial charge in [-0.2, -0.15) is 0 Å². The SMILES string of the molecule is CCc1ccc(CNC(C)CC(O)c2ccco2)cc1. The molecule has 2 atom stereocenters. The number of aliphatic hydroxyl groups excluding tert-OH is 1. The summed E-state index contributed by atoms with van der Waals surface area (Å²) in [5.41, 5.74) is 2.62. The Morgan fingerprint density at radius 1 is 1.15 bits per heavy atom. The predicted octanol–water partition coefficient (Wildman–Crippen LogP) is 3.44. The average molecular weight is 273 g/mol. The summed E-state index contributed by atoms with van der Waals surface area (Å²) < 4.78 is 5.21. The highest BCUT2D eigenvalue weighted by molar-refractivity contribution is 5.22. The van der Waals surface area contributed by atoms with Gasteiger partial charge in [0, 0.05) is 12.6 Å². The van der Waals surface area contributed by atoms with Crippen molar-refractivity contribution in [2.75, 3.05) is 0 Å². The second-order valence-electron chi connectivity index (χ2n) is 5.22. The fourth-order valence-corrected chi connectivity index (χ4v) is 2.20. The molecule has 3 heteroatoms. The van der Waals surface area contributed by atoms with E-state index in [9.17, 15) is 5.11 Å². The monoisotopic (exact) mass is 273 g/mol. The second-order valence-corrected chi connectivity index (χ2v) is 5.22. The molecule has 0 aliphatic heterocycles. The third-order valence-corrected chi connectivity index (χ3v) is 3.53. The first-order valence-corrected chi connectivity index (χ1v) is 7.21. The molecule has 1 heterocycles. The Bertz CT molecular complexity index is 490. The highest BCUT2D eigenvalue weighted by Gasteiger charge is 2.14. The summed E-state index contributed by atoms with van der Waals surface area (Å²) >= 11 is 0. The Kier molecular flexibility index (Phi) is 5.39. The van der Waals surface area contributed by atoms with E-state index in [0.29, 0.717) is 12.2 Å². The van der Waals surface area contributed by atoms with Gasteiger partial charge in [0.05, 0.1) is 6.26 Å². The minimum Gasteiger partial charge on any atom is -0.467 e. The largest absolute Gasteiger partial charge is 0.467 e. The molecular weight excluding hydrogens is 250 g/mol. The van der Waals surface area contributed by atoms with E-state index in [0.717, 1.165) is 13.0 Å². The van der Waals surface area contributed by atoms with Crippen molar-refractivity contribution in [2.45, 2.75) is 45.4 Å². The molecule has 108 valence electrons. The van der Waals surface area contributed by atoms with Crippen LogP contribution in [0.1, 0.15) is 43.3 Å². The van der Waals surface area contributed by atoms with Crippen LogP contribution in [0.2, 0.25) is 0 Å². The molecule has 0 amide bonds. The van der Waals surface area contributed by atoms with Gasteiger partial charge < -0.3 is 14.8 Å². The van der Waals surface area contributed by atoms with Gasteiger partial charge in [-0.05, 0) is 43.0 Å². The van der Waals surface area contributed by atoms with Crippen molar-refractivity contribution in [3.63, 3.8) is 0 Å². The van der Waals surface area contributed by atoms with Crippen molar-refractivity contribution in [2.24, 2.45) is 0 Å². The maximum absolute atomic E-state index is 10.0. The van der Waals surface area contributed by atoms with Gasteiger partial charge in [-0.3, -0.25) is 0 Å². The van der Waals surface area contributed by atoms with Gasteiger partial charge in [0.1, 0.15) is 11.9 Å². The topological polar surface area (TPSA) is 45.4 Å². The molecule has 0 radical (unpaired) electrons. The molecule has 20 heavy (non-hydrogen) atoms. The predicted molar refractivity (Wildman–Crippen MR) is 80.4 cm³/mol. The summed E-state index contributed by atoms with van der Waals surface area (Å²) in [5.74, 6) is 0.631. The van der Waals surface area contributed by atoms with Crippen LogP contribution in [0, 0.1) is 0 Å². The van der Waals surface area contributed by atoms with E-state index in [1.54, 1.807) is 18.4 Å². The summed E-state index contributed by atoms with van der Waals surface area (Å²) in [5, 5.41) is 13.4. The highest BCUT2D eigenvalue weighted by atomic mass is 16.4. The van der Waals surface area contributed by atoms with Crippen LogP contribution in [-0.2, 0) is 13.0 Å². The molecule has 0 fully saturated rings. The normalized spacial score (nSPS) is 14.2. The summed E-state index contributed by atoms with van der Waals surface area (Å²) in [6.45, 7) is 5.05. The fourth-order valence-electron chi connectivity index (χ4n) is 2.20. The lowest BCUT2D eigenvalue weighted by atomic mass is 10.1. The number of aliphatic hydroxyl groups is 1. The maximum Gasteiger partial charge on any atom is 0.132 e. The molecule has 2 aromatic rings. The Balaban J connectivity index is 1.78. The van der Waals surface area contributed by atoms with Crippen LogP contribution in [0.5, 0.6) is 0 Å². The van der Waals surface area contributed by atoms with Crippen LogP contribution in [0.4, 0.5) is 0 Å². The van der Waals surface area contributed by atoms with Gasteiger partial charge in [-0.15, -0.1) is 0 Å². The molecule has 2 unspecified atom stereocenters. The average Bonchev–Trinajstić information content (AvgIpc) is 3.00. The van der Waals surface area contributed by atoms with Crippen LogP contribution in [-0.4, -0.2) is 11.1 Å². The van der Waals surface area contributed by atoms with Crippen LogP contribution in [0.3, 0.4) is 0 Å². The number of rotatable bonds is 7. The smallest absolute Gasteiger partial charge is 0.132 e. The van der Waals surface area contributed by atoms with Gasteiger partial charge >= 0.3 is 0 Å². The third-order valence-electron chi connectivity index (χ3n) is 3.53. The van der Waals surface area contributed by atoms with E-state index in [1.165, 1.54) is 11.1 Å². The second kappa shape index (κ2) is 7.27. The molecule has 1 aromatic heterocycles. The lowest BCUT2D eigenvalue weighted by Crippen LogP contribution is -2.27. The zero-order chi connectivity index (χ0) is 14.4. The van der Waals surface area contributed by atoms with Crippen LogP contribution in [0.15, 0.2) is 47.1 Å². The van der Waals surface area contributed by atoms with Crippen molar-refractivity contribution >= 4 is 0 Å². The first-order valence-electron chi connectivity index (χ1n) is 7.21. The molecule has 0 aliphatic rings. The van der Waals surface area contributed by atoms with Gasteiger partial charge in [0.15, 0.2) is 0 Å². The Hall–Kier alpha value is -1.58. The number of hydrogen-bond donors (Lipinski definition) is 2. The molecule has 0 saturated heterocycles. The van der Waals surface area contributed by atoms with Gasteiger partial charge in [-0.25, -0.2) is 0 Å². The number of nitrogens with one attached hydrogen (secondary N) is 1. The molecular formula is C17H23NO2. The third kappa shape index (κ3) is 4.22. The first kappa shape index (κ1) is 14.8. The summed E-state index contributed by atoms with van der Waals surface area (Å²) in [7, 11) is 0. The van der Waals surface area contributed by atoms with Crippen LogP contribution in [0.25, 0.3) is 0 Å². The fraction of sp³-hybridized carbons (Fsp3) is 0.412. The van der Waals surface area contributed by atoms with Gasteiger partial charge in [-0.1, -0.05) is 31.2 Å². The molecule has 0 spiro atoms. The molecule has 1 aromatic carbocycles. The van der Waals surface area contributed by atoms with E-state index >= 15 is 0 Å². The molecule has 0 aliphatic carbocycles. The standard InChI is InChI=1S/C17H23NO2/c1-3-14-6-8-15(9-7-14)12-18-13(2)11-16(19)17-5-4-10-20-17/h4-10,13,16,18-19H,3,11-12H2,1-2H3. The quantitative estimate of drug-likeness (QED) is 0.812. The maximum atomic E-state index is 10.0. The van der Waals surface area contributed by atoms with E-state index in [4.69, 9.17) is 4.42 Å². The summed E-state index contributed by atoms with van der Waals surface area (Å²) in [4.78, 5) is 0. The summed E-state index contributed by atoms with van der Waals surface area (Å²) in [6, 6.07) is 12.5. The van der Waals surface area contributed by atoms with Gasteiger partial charge in [0.2, 0.25) is 0 Å². The lowest BCUT2D eigenvalue weighted by Gasteiger charge is -2.16. The zero-order valence-electron chi connectivity index (χ0n) is 12.2. The van der Waals surface area contributed by atoms with E-state index in [-0.39, 0.29) is 6.04 Å². The molecule has 2 rings (SSSR count). The van der Waals surface area contributed by atoms with Crippen molar-refractivity contribution in [3.05, 3.63) is 59.5 Å². The van der Waals surface area contributed by atoms with Crippen LogP contribution < -0.4 is 5.32 Å². The first-order chi connectivity index (χ1) is 9.69. The Labute approximate surface area is 120 Å². The van der Waals surface area contributed by atoms with E-state index in [1.807, 2.05) is 0 Å². The number of furan rings is 1. The van der Waals surface area contributed by atoms with Crippen LogP contribution >= 0.6 is 0 Å². The van der Waals surface area contributed by atoms with Gasteiger partial charge in [0.25, 0.3) is 0 Å². The highest BCUT2D eigenvalue weighted by Crippen LogP contribution is 2.18. The van der Waals surface area contributed by atoms with Crippen molar-refractivity contribution in [1.29, 1.82) is 0 Å². The Morgan fingerprint density at radius 2 is 1.85 bits per heavy atom. The molecule has 0 saturated carbocycles. The van der Waals surface area contributed by atoms with Crippen molar-refractivity contribution in [3.8, 4) is 0 Å². The molecule has 2 N–H and O–H groups in total. The zero-order valence-corrected chi connectivity index (χ0v) is 12.2. The summed E-state index contributed by atoms with van der Waals surface area (Å²) in [6.07, 6.45) is 2.75.